The second-order valence-electron chi connectivity index (χ2n) is 4.91. The molecule has 0 spiro atoms. The zero-order chi connectivity index (χ0) is 15.3. The third-order valence-electron chi connectivity index (χ3n) is 3.12. The Bertz CT molecular complexity index is 648. The van der Waals surface area contributed by atoms with Gasteiger partial charge in [-0.05, 0) is 26.0 Å². The SMILES string of the molecule is CCCNCc1cc(S(=O)(=O)NC(C)c2cn[nH]c2)c[nH]1. The molecule has 0 amide bonds. The summed E-state index contributed by atoms with van der Waals surface area (Å²) in [4.78, 5) is 3.22. The molecule has 0 aliphatic rings. The number of hydrogen-bond acceptors (Lipinski definition) is 4. The first-order valence-electron chi connectivity index (χ1n) is 6.92. The van der Waals surface area contributed by atoms with Gasteiger partial charge in [0.1, 0.15) is 0 Å². The lowest BCUT2D eigenvalue weighted by atomic mass is 10.2. The number of aromatic amines is 2. The van der Waals surface area contributed by atoms with Gasteiger partial charge in [-0.1, -0.05) is 6.92 Å². The lowest BCUT2D eigenvalue weighted by Crippen LogP contribution is -2.26. The summed E-state index contributed by atoms with van der Waals surface area (Å²) in [6.45, 7) is 5.38. The Labute approximate surface area is 124 Å². The highest BCUT2D eigenvalue weighted by Crippen LogP contribution is 2.16. The third-order valence-corrected chi connectivity index (χ3v) is 4.64. The predicted molar refractivity (Wildman–Crippen MR) is 80.1 cm³/mol. The molecule has 0 aliphatic carbocycles. The fraction of sp³-hybridized carbons (Fsp3) is 0.462. The van der Waals surface area contributed by atoms with Gasteiger partial charge in [0.25, 0.3) is 0 Å². The maximum absolute atomic E-state index is 12.3. The Kier molecular flexibility index (Phi) is 5.16. The van der Waals surface area contributed by atoms with Crippen molar-refractivity contribution in [2.24, 2.45) is 0 Å². The van der Waals surface area contributed by atoms with Crippen LogP contribution in [-0.4, -0.2) is 30.1 Å². The van der Waals surface area contributed by atoms with Crippen molar-refractivity contribution in [1.29, 1.82) is 0 Å². The van der Waals surface area contributed by atoms with E-state index in [1.54, 1.807) is 25.4 Å². The largest absolute Gasteiger partial charge is 0.363 e. The summed E-state index contributed by atoms with van der Waals surface area (Å²) in [6.07, 6.45) is 5.82. The summed E-state index contributed by atoms with van der Waals surface area (Å²) in [5, 5.41) is 9.71. The minimum Gasteiger partial charge on any atom is -0.363 e. The normalized spacial score (nSPS) is 13.4. The van der Waals surface area contributed by atoms with Crippen molar-refractivity contribution in [3.8, 4) is 0 Å². The predicted octanol–water partition coefficient (Wildman–Crippen LogP) is 1.28. The molecule has 0 aromatic carbocycles. The van der Waals surface area contributed by atoms with Gasteiger partial charge in [-0.15, -0.1) is 0 Å². The van der Waals surface area contributed by atoms with Crippen LogP contribution in [0.25, 0.3) is 0 Å². The van der Waals surface area contributed by atoms with E-state index in [4.69, 9.17) is 0 Å². The molecule has 0 saturated carbocycles. The van der Waals surface area contributed by atoms with Crippen LogP contribution in [-0.2, 0) is 16.6 Å². The lowest BCUT2D eigenvalue weighted by molar-refractivity contribution is 0.567. The fourth-order valence-corrected chi connectivity index (χ4v) is 3.19. The van der Waals surface area contributed by atoms with Crippen LogP contribution in [0.3, 0.4) is 0 Å². The van der Waals surface area contributed by atoms with Crippen molar-refractivity contribution < 1.29 is 8.42 Å². The molecule has 7 nitrogen and oxygen atoms in total. The first-order chi connectivity index (χ1) is 10.0. The molecule has 2 aromatic rings. The van der Waals surface area contributed by atoms with Crippen molar-refractivity contribution >= 4 is 10.0 Å². The van der Waals surface area contributed by atoms with Crippen LogP contribution in [0.1, 0.15) is 37.6 Å². The number of nitrogens with zero attached hydrogens (tertiary/aromatic N) is 1. The van der Waals surface area contributed by atoms with E-state index in [2.05, 4.69) is 32.1 Å². The standard InChI is InChI=1S/C13H21N5O2S/c1-3-4-14-8-12-5-13(9-15-12)21(19,20)18-10(2)11-6-16-17-7-11/h5-7,9-10,14-15,18H,3-4,8H2,1-2H3,(H,16,17). The van der Waals surface area contributed by atoms with Gasteiger partial charge in [-0.25, -0.2) is 13.1 Å². The highest BCUT2D eigenvalue weighted by molar-refractivity contribution is 7.89. The quantitative estimate of drug-likeness (QED) is 0.551. The van der Waals surface area contributed by atoms with Crippen molar-refractivity contribution in [3.05, 3.63) is 35.9 Å². The van der Waals surface area contributed by atoms with E-state index in [0.717, 1.165) is 24.2 Å². The molecule has 8 heteroatoms. The Morgan fingerprint density at radius 3 is 2.86 bits per heavy atom. The molecular weight excluding hydrogens is 290 g/mol. The van der Waals surface area contributed by atoms with Gasteiger partial charge in [0, 0.05) is 36.2 Å². The van der Waals surface area contributed by atoms with Gasteiger partial charge in [-0.3, -0.25) is 5.10 Å². The van der Waals surface area contributed by atoms with Gasteiger partial charge in [0.15, 0.2) is 0 Å². The number of nitrogens with one attached hydrogen (secondary N) is 4. The topological polar surface area (TPSA) is 103 Å². The van der Waals surface area contributed by atoms with E-state index in [9.17, 15) is 8.42 Å². The number of aromatic nitrogens is 3. The third kappa shape index (κ3) is 4.16. The summed E-state index contributed by atoms with van der Waals surface area (Å²) in [5.41, 5.74) is 1.64. The molecule has 0 radical (unpaired) electrons. The molecule has 1 unspecified atom stereocenters. The Balaban J connectivity index is 2.02. The number of sulfonamides is 1. The molecule has 2 aromatic heterocycles. The van der Waals surface area contributed by atoms with Crippen LogP contribution in [0.4, 0.5) is 0 Å². The molecule has 0 fully saturated rings. The van der Waals surface area contributed by atoms with Crippen LogP contribution in [0.2, 0.25) is 0 Å². The van der Waals surface area contributed by atoms with Gasteiger partial charge in [0.2, 0.25) is 10.0 Å². The Morgan fingerprint density at radius 2 is 2.19 bits per heavy atom. The zero-order valence-electron chi connectivity index (χ0n) is 12.2. The van der Waals surface area contributed by atoms with Crippen molar-refractivity contribution in [2.75, 3.05) is 6.54 Å². The highest BCUT2D eigenvalue weighted by Gasteiger charge is 2.20. The van der Waals surface area contributed by atoms with Crippen LogP contribution in [0.15, 0.2) is 29.6 Å². The van der Waals surface area contributed by atoms with Gasteiger partial charge < -0.3 is 10.3 Å². The Hall–Kier alpha value is -1.64. The van der Waals surface area contributed by atoms with Gasteiger partial charge >= 0.3 is 0 Å². The molecule has 2 rings (SSSR count). The number of hydrogen-bond donors (Lipinski definition) is 4. The molecule has 0 aliphatic heterocycles. The number of H-pyrrole nitrogens is 2. The number of rotatable bonds is 8. The minimum absolute atomic E-state index is 0.242. The van der Waals surface area contributed by atoms with Crippen LogP contribution >= 0.6 is 0 Å². The molecule has 116 valence electrons. The van der Waals surface area contributed by atoms with E-state index in [1.165, 1.54) is 6.20 Å². The molecule has 21 heavy (non-hydrogen) atoms. The molecule has 1 atom stereocenters. The molecular formula is C13H21N5O2S. The summed E-state index contributed by atoms with van der Waals surface area (Å²) >= 11 is 0. The van der Waals surface area contributed by atoms with Gasteiger partial charge in [-0.2, -0.15) is 5.10 Å². The van der Waals surface area contributed by atoms with E-state index in [1.807, 2.05) is 0 Å². The maximum atomic E-state index is 12.3. The Morgan fingerprint density at radius 1 is 1.38 bits per heavy atom. The van der Waals surface area contributed by atoms with Crippen molar-refractivity contribution in [3.63, 3.8) is 0 Å². The molecule has 4 N–H and O–H groups in total. The fourth-order valence-electron chi connectivity index (χ4n) is 1.94. The summed E-state index contributed by atoms with van der Waals surface area (Å²) in [6, 6.07) is 1.30. The molecule has 0 saturated heterocycles. The minimum atomic E-state index is -3.55. The summed E-state index contributed by atoms with van der Waals surface area (Å²) in [7, 11) is -3.55. The van der Waals surface area contributed by atoms with Crippen molar-refractivity contribution in [2.45, 2.75) is 37.8 Å². The average molecular weight is 311 g/mol. The summed E-state index contributed by atoms with van der Waals surface area (Å²) < 4.78 is 27.2. The highest BCUT2D eigenvalue weighted by atomic mass is 32.2. The van der Waals surface area contributed by atoms with Crippen LogP contribution in [0, 0.1) is 0 Å². The van der Waals surface area contributed by atoms with E-state index in [-0.39, 0.29) is 10.9 Å². The zero-order valence-corrected chi connectivity index (χ0v) is 13.0. The second-order valence-corrected chi connectivity index (χ2v) is 6.63. The molecule has 0 bridgehead atoms. The van der Waals surface area contributed by atoms with Crippen LogP contribution < -0.4 is 10.0 Å². The van der Waals surface area contributed by atoms with Crippen LogP contribution in [0.5, 0.6) is 0 Å². The lowest BCUT2D eigenvalue weighted by Gasteiger charge is -2.11. The van der Waals surface area contributed by atoms with E-state index in [0.29, 0.717) is 6.54 Å². The van der Waals surface area contributed by atoms with E-state index >= 15 is 0 Å². The summed E-state index contributed by atoms with van der Waals surface area (Å²) in [5.74, 6) is 0. The maximum Gasteiger partial charge on any atom is 0.242 e. The van der Waals surface area contributed by atoms with Crippen molar-refractivity contribution in [1.82, 2.24) is 25.2 Å². The second kappa shape index (κ2) is 6.88. The smallest absolute Gasteiger partial charge is 0.242 e. The van der Waals surface area contributed by atoms with E-state index < -0.39 is 10.0 Å². The average Bonchev–Trinajstić information content (AvgIpc) is 3.10. The monoisotopic (exact) mass is 311 g/mol. The first kappa shape index (κ1) is 15.7. The van der Waals surface area contributed by atoms with Gasteiger partial charge in [0.05, 0.1) is 11.1 Å². The molecule has 2 heterocycles. The first-order valence-corrected chi connectivity index (χ1v) is 8.40.